The molecule has 4 rings (SSSR count). The topological polar surface area (TPSA) is 302 Å². The molecule has 0 fully saturated rings. The summed E-state index contributed by atoms with van der Waals surface area (Å²) in [6.45, 7) is 0. The number of aromatic nitrogens is 3. The molecular weight excluding hydrogens is 797 g/mol. The van der Waals surface area contributed by atoms with Gasteiger partial charge in [-0.3, -0.25) is 18.2 Å². The van der Waals surface area contributed by atoms with E-state index in [-0.39, 0.29) is 68.5 Å². The summed E-state index contributed by atoms with van der Waals surface area (Å²) in [5, 5.41) is 11.6. The van der Waals surface area contributed by atoms with E-state index in [9.17, 15) is 42.8 Å². The highest BCUT2D eigenvalue weighted by molar-refractivity contribution is 7.99. The lowest BCUT2D eigenvalue weighted by Gasteiger charge is -2.12. The predicted octanol–water partition coefficient (Wildman–Crippen LogP) is 4.43. The average molecular weight is 825 g/mol. The van der Waals surface area contributed by atoms with Gasteiger partial charge >= 0.3 is 0 Å². The number of anilines is 2. The number of hydrogen-bond donors (Lipinski definition) is 5. The lowest BCUT2D eigenvalue weighted by molar-refractivity contribution is 0.417. The van der Waals surface area contributed by atoms with E-state index in [0.717, 1.165) is 29.6 Å². The van der Waals surface area contributed by atoms with Gasteiger partial charge in [0.2, 0.25) is 5.95 Å². The smallest absolute Gasteiger partial charge is 0.295 e. The number of methoxy groups -OCH3 is 1. The third-order valence-corrected chi connectivity index (χ3v) is 11.5. The van der Waals surface area contributed by atoms with Crippen molar-refractivity contribution in [1.82, 2.24) is 15.0 Å². The zero-order valence-corrected chi connectivity index (χ0v) is 30.9. The van der Waals surface area contributed by atoms with Crippen molar-refractivity contribution in [1.29, 1.82) is 0 Å². The van der Waals surface area contributed by atoms with Crippen molar-refractivity contribution in [3.63, 3.8) is 0 Å². The maximum atomic E-state index is 12.0. The fraction of sp³-hybridized carbons (Fsp3) is 0.269. The van der Waals surface area contributed by atoms with E-state index in [1.165, 1.54) is 37.4 Å². The predicted molar refractivity (Wildman–Crippen MR) is 187 cm³/mol. The number of hydrogen-bond acceptors (Lipinski definition) is 17. The molecule has 1 aromatic heterocycles. The molecule has 1 heterocycles. The van der Waals surface area contributed by atoms with Crippen molar-refractivity contribution >= 4 is 97.8 Å². The lowest BCUT2D eigenvalue weighted by Crippen LogP contribution is -2.07. The Hall–Kier alpha value is -3.53. The first-order valence-corrected chi connectivity index (χ1v) is 22.1. The molecule has 0 atom stereocenters. The maximum Gasteiger partial charge on any atom is 0.295 e. The molecule has 0 aliphatic rings. The molecule has 0 saturated carbocycles. The maximum absolute atomic E-state index is 12.0. The van der Waals surface area contributed by atoms with E-state index in [2.05, 4.69) is 30.5 Å². The number of nitrogens with one attached hydrogen (secondary N) is 1. The Morgan fingerprint density at radius 3 is 1.76 bits per heavy atom. The van der Waals surface area contributed by atoms with Gasteiger partial charge in [-0.25, -0.2) is 0 Å². The van der Waals surface area contributed by atoms with Crippen LogP contribution in [0.15, 0.2) is 78.9 Å². The van der Waals surface area contributed by atoms with E-state index >= 15 is 0 Å². The molecule has 5 N–H and O–H groups in total. The summed E-state index contributed by atoms with van der Waals surface area (Å²) < 4.78 is 134. The van der Waals surface area contributed by atoms with Crippen LogP contribution in [-0.4, -0.2) is 97.0 Å². The number of fused-ring (bicyclic) bond motifs is 1. The van der Waals surface area contributed by atoms with Gasteiger partial charge in [0.25, 0.3) is 40.5 Å². The summed E-state index contributed by atoms with van der Waals surface area (Å²) in [5.41, 5.74) is 0.766. The fourth-order valence-corrected chi connectivity index (χ4v) is 8.46. The number of thioether (sulfide) groups is 2. The fourth-order valence-electron chi connectivity index (χ4n) is 4.12. The molecule has 0 bridgehead atoms. The van der Waals surface area contributed by atoms with Crippen LogP contribution in [0, 0.1) is 0 Å². The van der Waals surface area contributed by atoms with Gasteiger partial charge in [0, 0.05) is 23.0 Å². The Bertz CT molecular complexity index is 2350. The van der Waals surface area contributed by atoms with Gasteiger partial charge in [-0.1, -0.05) is 29.6 Å². The second kappa shape index (κ2) is 16.4. The molecule has 3 aromatic carbocycles. The lowest BCUT2D eigenvalue weighted by atomic mass is 10.1. The highest BCUT2D eigenvalue weighted by Gasteiger charge is 2.21. The van der Waals surface area contributed by atoms with Gasteiger partial charge in [-0.2, -0.15) is 58.9 Å². The number of benzene rings is 3. The molecule has 0 unspecified atom stereocenters. The molecule has 0 aliphatic carbocycles. The first kappa shape index (κ1) is 40.2. The molecule has 0 amide bonds. The van der Waals surface area contributed by atoms with Crippen LogP contribution < -0.4 is 10.1 Å². The zero-order chi connectivity index (χ0) is 37.6. The van der Waals surface area contributed by atoms with E-state index in [4.69, 9.17) is 13.8 Å². The van der Waals surface area contributed by atoms with Crippen molar-refractivity contribution < 1.29 is 56.6 Å². The number of azo groups is 1. The van der Waals surface area contributed by atoms with Crippen molar-refractivity contribution in [3.05, 3.63) is 48.5 Å². The highest BCUT2D eigenvalue weighted by Crippen LogP contribution is 2.34. The molecule has 0 spiro atoms. The first-order valence-electron chi connectivity index (χ1n) is 14.0. The van der Waals surface area contributed by atoms with Gasteiger partial charge in [-0.15, -0.1) is 0 Å². The van der Waals surface area contributed by atoms with Gasteiger partial charge in [0.15, 0.2) is 10.3 Å². The Morgan fingerprint density at radius 1 is 0.706 bits per heavy atom. The molecular formula is C26H28N6O13S6. The van der Waals surface area contributed by atoms with Gasteiger partial charge in [-0.05, 0) is 54.6 Å². The molecule has 4 aromatic rings. The molecule has 51 heavy (non-hydrogen) atoms. The minimum atomic E-state index is -4.91. The van der Waals surface area contributed by atoms with E-state index in [1.807, 2.05) is 0 Å². The van der Waals surface area contributed by atoms with Gasteiger partial charge in [0.1, 0.15) is 10.6 Å². The van der Waals surface area contributed by atoms with Crippen LogP contribution in [0.4, 0.5) is 23.0 Å². The molecule has 276 valence electrons. The van der Waals surface area contributed by atoms with Crippen LogP contribution >= 0.6 is 23.5 Å². The SMILES string of the molecule is COc1cc(N=Nc2ccc3cc(S(=O)(=O)O)cc(S(=O)(=O)O)c3c2)ccc1Nc1nc(SCCCS(=O)(=O)O)nc(SCCCS(=O)(=O)O)n1. The van der Waals surface area contributed by atoms with Crippen LogP contribution in [0.2, 0.25) is 0 Å². The Kier molecular flexibility index (Phi) is 13.0. The Morgan fingerprint density at radius 2 is 1.25 bits per heavy atom. The average Bonchev–Trinajstić information content (AvgIpc) is 3.02. The third-order valence-electron chi connectivity index (χ3n) is 6.31. The second-order valence-electron chi connectivity index (χ2n) is 10.2. The summed E-state index contributed by atoms with van der Waals surface area (Å²) in [6, 6.07) is 10.2. The molecule has 0 aliphatic heterocycles. The van der Waals surface area contributed by atoms with E-state index in [0.29, 0.717) is 11.8 Å². The highest BCUT2D eigenvalue weighted by atomic mass is 32.2. The zero-order valence-electron chi connectivity index (χ0n) is 26.0. The minimum absolute atomic E-state index is 0.0511. The Labute approximate surface area is 300 Å². The van der Waals surface area contributed by atoms with Crippen molar-refractivity contribution in [2.75, 3.05) is 35.4 Å². The van der Waals surface area contributed by atoms with Crippen LogP contribution in [0.3, 0.4) is 0 Å². The molecule has 19 nitrogen and oxygen atoms in total. The number of rotatable bonds is 17. The van der Waals surface area contributed by atoms with Crippen LogP contribution in [0.5, 0.6) is 5.75 Å². The van der Waals surface area contributed by atoms with Crippen molar-refractivity contribution in [3.8, 4) is 5.75 Å². The normalized spacial score (nSPS) is 12.8. The minimum Gasteiger partial charge on any atom is -0.494 e. The summed E-state index contributed by atoms with van der Waals surface area (Å²) in [6.07, 6.45) is 0.211. The van der Waals surface area contributed by atoms with Crippen LogP contribution in [0.25, 0.3) is 10.8 Å². The molecule has 0 radical (unpaired) electrons. The largest absolute Gasteiger partial charge is 0.494 e. The summed E-state index contributed by atoms with van der Waals surface area (Å²) in [7, 11) is -16.6. The van der Waals surface area contributed by atoms with Gasteiger partial charge in [0.05, 0.1) is 40.6 Å². The molecule has 0 saturated heterocycles. The monoisotopic (exact) mass is 824 g/mol. The van der Waals surface area contributed by atoms with E-state index in [1.54, 1.807) is 6.07 Å². The summed E-state index contributed by atoms with van der Waals surface area (Å²) >= 11 is 2.19. The van der Waals surface area contributed by atoms with Crippen molar-refractivity contribution in [2.45, 2.75) is 32.9 Å². The van der Waals surface area contributed by atoms with Crippen LogP contribution in [-0.2, 0) is 40.5 Å². The summed E-state index contributed by atoms with van der Waals surface area (Å²) in [5.74, 6) is -0.146. The third kappa shape index (κ3) is 12.6. The standard InChI is InChI=1S/C26H28N6O13S6/c1-45-22-14-18(32-31-17-5-4-16-12-19(50(39,40)41)15-23(20(16)13-17)51(42,43)44)6-7-21(22)27-24-28-25(46-8-2-10-48(33,34)35)30-26(29-24)47-9-3-11-49(36,37)38/h4-7,12-15H,2-3,8-11H2,1H3,(H,33,34,35)(H,36,37,38)(H,39,40,41)(H,42,43,44)(H,27,28,29,30). The van der Waals surface area contributed by atoms with Crippen molar-refractivity contribution in [2.24, 2.45) is 10.2 Å². The number of nitrogens with zero attached hydrogens (tertiary/aromatic N) is 5. The second-order valence-corrected chi connectivity index (χ2v) is 18.3. The molecule has 25 heteroatoms. The van der Waals surface area contributed by atoms with Crippen LogP contribution in [0.1, 0.15) is 12.8 Å². The quantitative estimate of drug-likeness (QED) is 0.0426. The number of ether oxygens (including phenoxy) is 1. The first-order chi connectivity index (χ1) is 23.7. The van der Waals surface area contributed by atoms with E-state index < -0.39 is 61.8 Å². The Balaban J connectivity index is 1.58. The summed E-state index contributed by atoms with van der Waals surface area (Å²) in [4.78, 5) is 11.5. The van der Waals surface area contributed by atoms with Gasteiger partial charge < -0.3 is 10.1 Å².